The monoisotopic (exact) mass is 399 g/mol. The van der Waals surface area contributed by atoms with E-state index in [1.54, 1.807) is 12.1 Å². The first-order valence-corrected chi connectivity index (χ1v) is 8.65. The molecule has 3 N–H and O–H groups in total. The first-order valence-electron chi connectivity index (χ1n) is 7.86. The molecule has 0 saturated carbocycles. The summed E-state index contributed by atoms with van der Waals surface area (Å²) in [6.45, 7) is 4.37. The number of anilines is 1. The van der Waals surface area contributed by atoms with Crippen LogP contribution in [0.15, 0.2) is 28.7 Å². The number of carboxylic acids is 1. The number of amides is 1. The Kier molecular flexibility index (Phi) is 7.64. The molecule has 0 radical (unpaired) electrons. The molecule has 0 bridgehead atoms. The summed E-state index contributed by atoms with van der Waals surface area (Å²) in [4.78, 5) is 25.6. The zero-order valence-electron chi connectivity index (χ0n) is 13.3. The molecular formula is C16H22BrN3O4. The molecule has 7 nitrogen and oxygen atoms in total. The maximum atomic E-state index is 12.0. The molecule has 1 aliphatic rings. The Hall–Kier alpha value is -1.48. The van der Waals surface area contributed by atoms with Gasteiger partial charge in [-0.3, -0.25) is 14.5 Å². The van der Waals surface area contributed by atoms with E-state index in [0.717, 1.165) is 24.1 Å². The van der Waals surface area contributed by atoms with Gasteiger partial charge in [0.2, 0.25) is 5.91 Å². The van der Waals surface area contributed by atoms with Gasteiger partial charge >= 0.3 is 5.97 Å². The van der Waals surface area contributed by atoms with Crippen LogP contribution in [0.3, 0.4) is 0 Å². The number of ether oxygens (including phenoxy) is 1. The second kappa shape index (κ2) is 9.73. The van der Waals surface area contributed by atoms with Crippen molar-refractivity contribution in [3.63, 3.8) is 0 Å². The molecule has 1 fully saturated rings. The van der Waals surface area contributed by atoms with Gasteiger partial charge in [0, 0.05) is 36.3 Å². The molecule has 1 unspecified atom stereocenters. The van der Waals surface area contributed by atoms with Gasteiger partial charge in [0.25, 0.3) is 0 Å². The average molecular weight is 400 g/mol. The van der Waals surface area contributed by atoms with Gasteiger partial charge in [-0.2, -0.15) is 0 Å². The fraction of sp³-hybridized carbons (Fsp3) is 0.500. The van der Waals surface area contributed by atoms with Crippen molar-refractivity contribution in [1.82, 2.24) is 10.2 Å². The molecule has 1 saturated heterocycles. The molecule has 132 valence electrons. The van der Waals surface area contributed by atoms with E-state index >= 15 is 0 Å². The third-order valence-electron chi connectivity index (χ3n) is 3.74. The lowest BCUT2D eigenvalue weighted by molar-refractivity contribution is -0.141. The van der Waals surface area contributed by atoms with Crippen LogP contribution in [0, 0.1) is 0 Å². The normalized spacial score (nSPS) is 16.5. The van der Waals surface area contributed by atoms with Crippen molar-refractivity contribution < 1.29 is 19.4 Å². The van der Waals surface area contributed by atoms with Crippen LogP contribution in [0.4, 0.5) is 5.69 Å². The van der Waals surface area contributed by atoms with Crippen LogP contribution in [0.5, 0.6) is 0 Å². The lowest BCUT2D eigenvalue weighted by Gasteiger charge is -2.27. The van der Waals surface area contributed by atoms with Crippen LogP contribution in [-0.4, -0.2) is 67.3 Å². The smallest absolute Gasteiger partial charge is 0.321 e. The largest absolute Gasteiger partial charge is 0.480 e. The summed E-state index contributed by atoms with van der Waals surface area (Å²) in [5.74, 6) is -1.36. The number of carbonyl (C=O) groups is 2. The zero-order chi connectivity index (χ0) is 17.4. The summed E-state index contributed by atoms with van der Waals surface area (Å²) in [5.41, 5.74) is 0.639. The maximum absolute atomic E-state index is 12.0. The van der Waals surface area contributed by atoms with Crippen LogP contribution in [0.25, 0.3) is 0 Å². The van der Waals surface area contributed by atoms with Crippen LogP contribution < -0.4 is 10.6 Å². The Morgan fingerprint density at radius 2 is 1.92 bits per heavy atom. The first kappa shape index (κ1) is 18.9. The quantitative estimate of drug-likeness (QED) is 0.607. The van der Waals surface area contributed by atoms with Crippen LogP contribution in [0.2, 0.25) is 0 Å². The second-order valence-corrected chi connectivity index (χ2v) is 6.47. The molecule has 0 aliphatic carbocycles. The number of nitrogens with one attached hydrogen (secondary N) is 2. The number of nitrogens with zero attached hydrogens (tertiary/aromatic N) is 1. The van der Waals surface area contributed by atoms with Crippen molar-refractivity contribution >= 4 is 33.5 Å². The number of carboxylic acid groups (broad SMARTS) is 1. The molecule has 8 heteroatoms. The minimum atomic E-state index is -1.03. The van der Waals surface area contributed by atoms with Gasteiger partial charge in [-0.1, -0.05) is 15.9 Å². The summed E-state index contributed by atoms with van der Waals surface area (Å²) in [5, 5.41) is 14.9. The van der Waals surface area contributed by atoms with Crippen LogP contribution in [0.1, 0.15) is 6.42 Å². The Morgan fingerprint density at radius 3 is 2.54 bits per heavy atom. The highest BCUT2D eigenvalue weighted by Crippen LogP contribution is 2.14. The van der Waals surface area contributed by atoms with Gasteiger partial charge in [-0.05, 0) is 24.3 Å². The highest BCUT2D eigenvalue weighted by Gasteiger charge is 2.21. The average Bonchev–Trinajstić information content (AvgIpc) is 2.57. The topological polar surface area (TPSA) is 90.9 Å². The molecule has 1 atom stereocenters. The van der Waals surface area contributed by atoms with Crippen molar-refractivity contribution in [3.05, 3.63) is 28.7 Å². The maximum Gasteiger partial charge on any atom is 0.321 e. The van der Waals surface area contributed by atoms with E-state index in [9.17, 15) is 14.7 Å². The summed E-state index contributed by atoms with van der Waals surface area (Å²) in [7, 11) is 0. The fourth-order valence-electron chi connectivity index (χ4n) is 2.40. The number of rotatable bonds is 8. The predicted octanol–water partition coefficient (Wildman–Crippen LogP) is 1.15. The molecule has 24 heavy (non-hydrogen) atoms. The van der Waals surface area contributed by atoms with Crippen molar-refractivity contribution in [3.8, 4) is 0 Å². The summed E-state index contributed by atoms with van der Waals surface area (Å²) in [6.07, 6.45) is -0.117. The van der Waals surface area contributed by atoms with Gasteiger partial charge in [-0.25, -0.2) is 0 Å². The minimum absolute atomic E-state index is 0.117. The van der Waals surface area contributed by atoms with E-state index in [2.05, 4.69) is 31.5 Å². The molecule has 1 heterocycles. The van der Waals surface area contributed by atoms with Crippen molar-refractivity contribution in [2.75, 3.05) is 44.7 Å². The predicted molar refractivity (Wildman–Crippen MR) is 94.1 cm³/mol. The number of hydrogen-bond acceptors (Lipinski definition) is 5. The summed E-state index contributed by atoms with van der Waals surface area (Å²) >= 11 is 3.32. The Bertz CT molecular complexity index is 547. The highest BCUT2D eigenvalue weighted by atomic mass is 79.9. The zero-order valence-corrected chi connectivity index (χ0v) is 14.9. The molecule has 0 aromatic heterocycles. The molecule has 2 rings (SSSR count). The Morgan fingerprint density at radius 1 is 1.25 bits per heavy atom. The third kappa shape index (κ3) is 6.56. The lowest BCUT2D eigenvalue weighted by Crippen LogP contribution is -2.45. The number of halogens is 1. The molecule has 1 aliphatic heterocycles. The van der Waals surface area contributed by atoms with Gasteiger partial charge < -0.3 is 20.5 Å². The van der Waals surface area contributed by atoms with E-state index in [0.29, 0.717) is 25.4 Å². The van der Waals surface area contributed by atoms with Gasteiger partial charge in [0.15, 0.2) is 0 Å². The van der Waals surface area contributed by atoms with Crippen molar-refractivity contribution in [1.29, 1.82) is 0 Å². The van der Waals surface area contributed by atoms with E-state index in [4.69, 9.17) is 4.74 Å². The van der Waals surface area contributed by atoms with E-state index in [1.165, 1.54) is 0 Å². The number of benzene rings is 1. The van der Waals surface area contributed by atoms with Crippen LogP contribution in [-0.2, 0) is 14.3 Å². The summed E-state index contributed by atoms with van der Waals surface area (Å²) in [6, 6.07) is 6.23. The van der Waals surface area contributed by atoms with E-state index in [-0.39, 0.29) is 12.3 Å². The van der Waals surface area contributed by atoms with Crippen LogP contribution >= 0.6 is 15.9 Å². The Balaban J connectivity index is 1.76. The van der Waals surface area contributed by atoms with Crippen molar-refractivity contribution in [2.24, 2.45) is 0 Å². The standard InChI is InChI=1S/C16H22BrN3O4/c17-12-1-3-13(4-2-12)19-15(21)11-14(16(22)23)18-5-6-20-7-9-24-10-8-20/h1-4,14,18H,5-11H2,(H,19,21)(H,22,23). The Labute approximate surface area is 149 Å². The number of aliphatic carboxylic acids is 1. The molecule has 1 aromatic rings. The minimum Gasteiger partial charge on any atom is -0.480 e. The lowest BCUT2D eigenvalue weighted by atomic mass is 10.2. The number of carbonyl (C=O) groups excluding carboxylic acids is 1. The summed E-state index contributed by atoms with van der Waals surface area (Å²) < 4.78 is 6.18. The van der Waals surface area contributed by atoms with Gasteiger partial charge in [0.1, 0.15) is 6.04 Å². The molecule has 0 spiro atoms. The molecular weight excluding hydrogens is 378 g/mol. The first-order chi connectivity index (χ1) is 11.5. The third-order valence-corrected chi connectivity index (χ3v) is 4.27. The number of morpholine rings is 1. The molecule has 1 amide bonds. The fourth-order valence-corrected chi connectivity index (χ4v) is 2.66. The van der Waals surface area contributed by atoms with Gasteiger partial charge in [0.05, 0.1) is 19.6 Å². The van der Waals surface area contributed by atoms with Gasteiger partial charge in [-0.15, -0.1) is 0 Å². The SMILES string of the molecule is O=C(CC(NCCN1CCOCC1)C(=O)O)Nc1ccc(Br)cc1. The molecule has 1 aromatic carbocycles. The van der Waals surface area contributed by atoms with E-state index in [1.807, 2.05) is 12.1 Å². The second-order valence-electron chi connectivity index (χ2n) is 5.56. The van der Waals surface area contributed by atoms with Crippen molar-refractivity contribution in [2.45, 2.75) is 12.5 Å². The highest BCUT2D eigenvalue weighted by molar-refractivity contribution is 9.10. The van der Waals surface area contributed by atoms with E-state index < -0.39 is 12.0 Å². The number of hydrogen-bond donors (Lipinski definition) is 3.